The van der Waals surface area contributed by atoms with E-state index in [1.165, 1.54) is 35.9 Å². The summed E-state index contributed by atoms with van der Waals surface area (Å²) in [4.78, 5) is 15.0. The monoisotopic (exact) mass is 435 g/mol. The summed E-state index contributed by atoms with van der Waals surface area (Å²) in [6.45, 7) is 8.62. The van der Waals surface area contributed by atoms with Crippen molar-refractivity contribution in [1.29, 1.82) is 0 Å². The Balaban J connectivity index is 1.37. The van der Waals surface area contributed by atoms with Crippen LogP contribution in [0.3, 0.4) is 0 Å². The molecule has 1 aliphatic heterocycles. The van der Waals surface area contributed by atoms with Crippen LogP contribution in [0, 0.1) is 6.92 Å². The Bertz CT molecular complexity index is 1040. The van der Waals surface area contributed by atoms with Gasteiger partial charge in [0.2, 0.25) is 5.91 Å². The van der Waals surface area contributed by atoms with Crippen molar-refractivity contribution in [3.05, 3.63) is 59.9 Å². The van der Waals surface area contributed by atoms with E-state index in [1.807, 2.05) is 17.6 Å². The summed E-state index contributed by atoms with van der Waals surface area (Å²) in [5, 5.41) is 12.0. The Labute approximate surface area is 188 Å². The summed E-state index contributed by atoms with van der Waals surface area (Å²) in [6, 6.07) is 14.6. The van der Waals surface area contributed by atoms with Gasteiger partial charge in [0.15, 0.2) is 5.16 Å². The van der Waals surface area contributed by atoms with Crippen LogP contribution < -0.4 is 10.2 Å². The third-order valence-corrected chi connectivity index (χ3v) is 6.59. The third kappa shape index (κ3) is 5.10. The molecule has 0 spiro atoms. The van der Waals surface area contributed by atoms with Gasteiger partial charge in [-0.1, -0.05) is 37.7 Å². The summed E-state index contributed by atoms with van der Waals surface area (Å²) < 4.78 is 1.91. The van der Waals surface area contributed by atoms with E-state index in [4.69, 9.17) is 0 Å². The Hall–Kier alpha value is -2.80. The van der Waals surface area contributed by atoms with Crippen LogP contribution in [-0.2, 0) is 4.79 Å². The van der Waals surface area contributed by atoms with Crippen molar-refractivity contribution >= 4 is 29.0 Å². The van der Waals surface area contributed by atoms with Crippen molar-refractivity contribution in [2.24, 2.45) is 0 Å². The molecule has 6 nitrogen and oxygen atoms in total. The number of hydrogen-bond donors (Lipinski definition) is 1. The highest BCUT2D eigenvalue weighted by atomic mass is 32.2. The van der Waals surface area contributed by atoms with Gasteiger partial charge >= 0.3 is 0 Å². The second-order valence-corrected chi connectivity index (χ2v) is 9.20. The lowest BCUT2D eigenvalue weighted by Crippen LogP contribution is -2.18. The zero-order valence-corrected chi connectivity index (χ0v) is 19.2. The maximum absolute atomic E-state index is 12.6. The number of amides is 1. The fraction of sp³-hybridized carbons (Fsp3) is 0.375. The maximum Gasteiger partial charge on any atom is 0.234 e. The number of aromatic nitrogens is 3. The van der Waals surface area contributed by atoms with Gasteiger partial charge in [0.05, 0.1) is 5.75 Å². The fourth-order valence-corrected chi connectivity index (χ4v) is 4.53. The molecule has 4 rings (SSSR count). The van der Waals surface area contributed by atoms with E-state index in [1.54, 1.807) is 6.33 Å². The number of carbonyl (C=O) groups is 1. The zero-order chi connectivity index (χ0) is 21.8. The Morgan fingerprint density at radius 1 is 1.10 bits per heavy atom. The number of benzene rings is 2. The van der Waals surface area contributed by atoms with Gasteiger partial charge in [0, 0.05) is 30.2 Å². The van der Waals surface area contributed by atoms with Crippen LogP contribution in [-0.4, -0.2) is 39.5 Å². The molecule has 2 aromatic carbocycles. The molecule has 1 N–H and O–H groups in total. The molecule has 162 valence electrons. The molecule has 0 saturated carbocycles. The predicted molar refractivity (Wildman–Crippen MR) is 127 cm³/mol. The van der Waals surface area contributed by atoms with E-state index in [9.17, 15) is 4.79 Å². The van der Waals surface area contributed by atoms with Crippen molar-refractivity contribution in [2.45, 2.75) is 44.7 Å². The van der Waals surface area contributed by atoms with Gasteiger partial charge in [-0.25, -0.2) is 0 Å². The molecule has 0 aliphatic carbocycles. The van der Waals surface area contributed by atoms with Gasteiger partial charge in [0.1, 0.15) is 6.33 Å². The first-order chi connectivity index (χ1) is 15.0. The van der Waals surface area contributed by atoms with Crippen LogP contribution >= 0.6 is 11.8 Å². The van der Waals surface area contributed by atoms with E-state index in [2.05, 4.69) is 70.7 Å². The van der Waals surface area contributed by atoms with E-state index >= 15 is 0 Å². The van der Waals surface area contributed by atoms with Gasteiger partial charge in [-0.15, -0.1) is 10.2 Å². The summed E-state index contributed by atoms with van der Waals surface area (Å²) >= 11 is 1.38. The molecule has 0 bridgehead atoms. The standard InChI is InChI=1S/C24H29N5OS/c1-17(2)19-6-8-20(9-7-19)29-16-25-27-24(29)31-15-23(30)26-22-11-10-21(14-18(22)3)28-12-4-5-13-28/h6-11,14,16-17H,4-5,12-13,15H2,1-3H3,(H,26,30). The molecule has 1 aromatic heterocycles. The molecule has 0 radical (unpaired) electrons. The number of hydrogen-bond acceptors (Lipinski definition) is 5. The lowest BCUT2D eigenvalue weighted by Gasteiger charge is -2.19. The van der Waals surface area contributed by atoms with Crippen LogP contribution in [0.25, 0.3) is 5.69 Å². The third-order valence-electron chi connectivity index (χ3n) is 5.64. The highest BCUT2D eigenvalue weighted by Crippen LogP contribution is 2.26. The van der Waals surface area contributed by atoms with Crippen molar-refractivity contribution in [1.82, 2.24) is 14.8 Å². The van der Waals surface area contributed by atoms with Gasteiger partial charge in [-0.2, -0.15) is 0 Å². The molecule has 2 heterocycles. The van der Waals surface area contributed by atoms with Crippen LogP contribution in [0.15, 0.2) is 53.9 Å². The lowest BCUT2D eigenvalue weighted by atomic mass is 10.0. The number of thioether (sulfide) groups is 1. The van der Waals surface area contributed by atoms with E-state index in [-0.39, 0.29) is 11.7 Å². The van der Waals surface area contributed by atoms with Crippen molar-refractivity contribution in [3.63, 3.8) is 0 Å². The molecule has 7 heteroatoms. The molecular formula is C24H29N5OS. The first kappa shape index (κ1) is 21.4. The molecule has 1 fully saturated rings. The lowest BCUT2D eigenvalue weighted by molar-refractivity contribution is -0.113. The fourth-order valence-electron chi connectivity index (χ4n) is 3.80. The number of nitrogens with zero attached hydrogens (tertiary/aromatic N) is 4. The molecule has 1 saturated heterocycles. The molecule has 1 amide bonds. The van der Waals surface area contributed by atoms with Crippen LogP contribution in [0.1, 0.15) is 43.7 Å². The number of nitrogens with one attached hydrogen (secondary N) is 1. The number of aryl methyl sites for hydroxylation is 1. The average molecular weight is 436 g/mol. The largest absolute Gasteiger partial charge is 0.372 e. The van der Waals surface area contributed by atoms with Gasteiger partial charge in [-0.3, -0.25) is 9.36 Å². The van der Waals surface area contributed by atoms with Crippen LogP contribution in [0.4, 0.5) is 11.4 Å². The summed E-state index contributed by atoms with van der Waals surface area (Å²) in [5.74, 6) is 0.711. The van der Waals surface area contributed by atoms with E-state index < -0.39 is 0 Å². The minimum Gasteiger partial charge on any atom is -0.372 e. The molecule has 1 aliphatic rings. The van der Waals surface area contributed by atoms with Gasteiger partial charge < -0.3 is 10.2 Å². The van der Waals surface area contributed by atoms with Crippen LogP contribution in [0.2, 0.25) is 0 Å². The number of anilines is 2. The second-order valence-electron chi connectivity index (χ2n) is 8.26. The molecule has 0 unspecified atom stereocenters. The molecular weight excluding hydrogens is 406 g/mol. The predicted octanol–water partition coefficient (Wildman–Crippen LogP) is 5.03. The summed E-state index contributed by atoms with van der Waals surface area (Å²) in [6.07, 6.45) is 4.19. The topological polar surface area (TPSA) is 63.1 Å². The molecule has 0 atom stereocenters. The quantitative estimate of drug-likeness (QED) is 0.527. The molecule has 31 heavy (non-hydrogen) atoms. The average Bonchev–Trinajstić information content (AvgIpc) is 3.46. The minimum absolute atomic E-state index is 0.0493. The second kappa shape index (κ2) is 9.56. The van der Waals surface area contributed by atoms with Crippen molar-refractivity contribution in [3.8, 4) is 5.69 Å². The summed E-state index contributed by atoms with van der Waals surface area (Å²) in [5.41, 5.74) is 5.46. The van der Waals surface area contributed by atoms with E-state index in [0.29, 0.717) is 11.1 Å². The normalized spacial score (nSPS) is 13.7. The first-order valence-corrected chi connectivity index (χ1v) is 11.8. The number of carbonyl (C=O) groups excluding carboxylic acids is 1. The highest BCUT2D eigenvalue weighted by Gasteiger charge is 2.15. The van der Waals surface area contributed by atoms with Crippen molar-refractivity contribution in [2.75, 3.05) is 29.1 Å². The summed E-state index contributed by atoms with van der Waals surface area (Å²) in [7, 11) is 0. The first-order valence-electron chi connectivity index (χ1n) is 10.8. The van der Waals surface area contributed by atoms with E-state index in [0.717, 1.165) is 30.0 Å². The minimum atomic E-state index is -0.0493. The SMILES string of the molecule is Cc1cc(N2CCCC2)ccc1NC(=O)CSc1nncn1-c1ccc(C(C)C)cc1. The van der Waals surface area contributed by atoms with Crippen LogP contribution in [0.5, 0.6) is 0 Å². The maximum atomic E-state index is 12.6. The Morgan fingerprint density at radius 3 is 2.48 bits per heavy atom. The van der Waals surface area contributed by atoms with Gasteiger partial charge in [0.25, 0.3) is 0 Å². The zero-order valence-electron chi connectivity index (χ0n) is 18.3. The Kier molecular flexibility index (Phi) is 6.61. The molecule has 3 aromatic rings. The number of rotatable bonds is 7. The van der Waals surface area contributed by atoms with Gasteiger partial charge in [-0.05, 0) is 67.1 Å². The highest BCUT2D eigenvalue weighted by molar-refractivity contribution is 7.99. The Morgan fingerprint density at radius 2 is 1.81 bits per heavy atom. The smallest absolute Gasteiger partial charge is 0.234 e. The van der Waals surface area contributed by atoms with Crippen molar-refractivity contribution < 1.29 is 4.79 Å².